The molecular weight excluding hydrogens is 441 g/mol. The van der Waals surface area contributed by atoms with E-state index in [0.717, 1.165) is 6.42 Å². The van der Waals surface area contributed by atoms with Crippen molar-refractivity contribution in [3.05, 3.63) is 57.5 Å². The number of aromatic hydroxyl groups is 1. The van der Waals surface area contributed by atoms with Crippen molar-refractivity contribution in [1.82, 2.24) is 23.5 Å². The minimum absolute atomic E-state index is 0.0331. The minimum Gasteiger partial charge on any atom is -0.501 e. The maximum absolute atomic E-state index is 13.1. The fourth-order valence-corrected chi connectivity index (χ4v) is 5.44. The van der Waals surface area contributed by atoms with Crippen LogP contribution in [0, 0.1) is 5.82 Å². The topological polar surface area (TPSA) is 125 Å². The van der Waals surface area contributed by atoms with Gasteiger partial charge in [0, 0.05) is 33.2 Å². The van der Waals surface area contributed by atoms with Crippen LogP contribution < -0.4 is 10.9 Å². The number of halogens is 1. The molecule has 2 aliphatic rings. The highest BCUT2D eigenvalue weighted by molar-refractivity contribution is 7.86. The summed E-state index contributed by atoms with van der Waals surface area (Å²) >= 11 is 0. The molecule has 1 fully saturated rings. The van der Waals surface area contributed by atoms with Gasteiger partial charge in [0.25, 0.3) is 21.7 Å². The van der Waals surface area contributed by atoms with E-state index >= 15 is 0 Å². The maximum Gasteiger partial charge on any atom is 0.296 e. The van der Waals surface area contributed by atoms with Crippen LogP contribution in [0.15, 0.2) is 29.1 Å². The Hall–Kier alpha value is -2.83. The summed E-state index contributed by atoms with van der Waals surface area (Å²) in [5.41, 5.74) is -0.640. The monoisotopic (exact) mass is 465 g/mol. The third kappa shape index (κ3) is 4.00. The Morgan fingerprint density at radius 2 is 1.94 bits per heavy atom. The first-order chi connectivity index (χ1) is 15.2. The summed E-state index contributed by atoms with van der Waals surface area (Å²) in [5.74, 6) is -1.87. The lowest BCUT2D eigenvalue weighted by Gasteiger charge is -2.38. The second kappa shape index (κ2) is 8.60. The summed E-state index contributed by atoms with van der Waals surface area (Å²) in [6.45, 7) is 1.17. The lowest BCUT2D eigenvalue weighted by molar-refractivity contribution is 0.0940. The molecule has 32 heavy (non-hydrogen) atoms. The highest BCUT2D eigenvalue weighted by Crippen LogP contribution is 2.32. The van der Waals surface area contributed by atoms with Crippen molar-refractivity contribution in [3.63, 3.8) is 0 Å². The van der Waals surface area contributed by atoms with Crippen LogP contribution in [0.4, 0.5) is 4.39 Å². The van der Waals surface area contributed by atoms with Gasteiger partial charge in [0.1, 0.15) is 11.6 Å². The lowest BCUT2D eigenvalue weighted by atomic mass is 10.1. The van der Waals surface area contributed by atoms with Crippen molar-refractivity contribution in [2.45, 2.75) is 38.4 Å². The number of aromatic nitrogens is 2. The van der Waals surface area contributed by atoms with Gasteiger partial charge in [0.2, 0.25) is 5.75 Å². The van der Waals surface area contributed by atoms with Crippen molar-refractivity contribution in [2.75, 3.05) is 20.1 Å². The molecular formula is C20H24FN5O5S. The van der Waals surface area contributed by atoms with Crippen LogP contribution in [-0.4, -0.2) is 57.7 Å². The fraction of sp³-hybridized carbons (Fsp3) is 0.450. The number of carbonyl (C=O) groups is 1. The molecule has 0 aliphatic carbocycles. The number of rotatable bonds is 6. The van der Waals surface area contributed by atoms with Gasteiger partial charge in [-0.3, -0.25) is 14.2 Å². The molecule has 4 rings (SSSR count). The van der Waals surface area contributed by atoms with E-state index in [1.54, 1.807) is 0 Å². The molecule has 1 atom stereocenters. The molecule has 0 bridgehead atoms. The Balaban J connectivity index is 1.63. The van der Waals surface area contributed by atoms with Crippen molar-refractivity contribution in [3.8, 4) is 5.75 Å². The molecule has 0 saturated carbocycles. The first-order valence-corrected chi connectivity index (χ1v) is 11.7. The summed E-state index contributed by atoms with van der Waals surface area (Å²) in [7, 11) is -2.30. The normalized spacial score (nSPS) is 18.8. The standard InChI is InChI=1S/C20H24FN5O5S/c1-24(32(30,31)25-9-3-10-25)15-4-2-11-26-18(15)23-16(17(27)20(26)29)19(28)22-12-13-5-7-14(21)8-6-13/h5-8,15,27H,2-4,9-12H2,1H3,(H,22,28). The van der Waals surface area contributed by atoms with Crippen LogP contribution in [0.2, 0.25) is 0 Å². The van der Waals surface area contributed by atoms with Crippen LogP contribution in [0.5, 0.6) is 5.75 Å². The average molecular weight is 466 g/mol. The zero-order chi connectivity index (χ0) is 23.0. The molecule has 1 unspecified atom stereocenters. The molecule has 1 aromatic carbocycles. The van der Waals surface area contributed by atoms with Crippen molar-refractivity contribution >= 4 is 16.1 Å². The highest BCUT2D eigenvalue weighted by Gasteiger charge is 2.39. The second-order valence-electron chi connectivity index (χ2n) is 7.87. The maximum atomic E-state index is 13.1. The number of carbonyl (C=O) groups excluding carboxylic acids is 1. The van der Waals surface area contributed by atoms with Gasteiger partial charge in [0.05, 0.1) is 6.04 Å². The van der Waals surface area contributed by atoms with E-state index in [0.29, 0.717) is 31.5 Å². The third-order valence-corrected chi connectivity index (χ3v) is 7.86. The summed E-state index contributed by atoms with van der Waals surface area (Å²) in [5, 5.41) is 12.9. The zero-order valence-corrected chi connectivity index (χ0v) is 18.3. The van der Waals surface area contributed by atoms with E-state index in [2.05, 4.69) is 10.3 Å². The van der Waals surface area contributed by atoms with Crippen LogP contribution >= 0.6 is 0 Å². The molecule has 0 spiro atoms. The highest BCUT2D eigenvalue weighted by atomic mass is 32.2. The summed E-state index contributed by atoms with van der Waals surface area (Å²) < 4.78 is 42.5. The van der Waals surface area contributed by atoms with Gasteiger partial charge in [-0.1, -0.05) is 12.1 Å². The molecule has 2 N–H and O–H groups in total. The van der Waals surface area contributed by atoms with E-state index in [1.807, 2.05) is 0 Å². The zero-order valence-electron chi connectivity index (χ0n) is 17.5. The van der Waals surface area contributed by atoms with Crippen LogP contribution in [0.25, 0.3) is 0 Å². The van der Waals surface area contributed by atoms with E-state index in [-0.39, 0.29) is 18.9 Å². The van der Waals surface area contributed by atoms with Gasteiger partial charge in [0.15, 0.2) is 5.69 Å². The second-order valence-corrected chi connectivity index (χ2v) is 9.86. The summed E-state index contributed by atoms with van der Waals surface area (Å²) in [4.78, 5) is 29.7. The minimum atomic E-state index is -3.73. The summed E-state index contributed by atoms with van der Waals surface area (Å²) in [6, 6.07) is 4.75. The Labute approximate surface area is 184 Å². The largest absolute Gasteiger partial charge is 0.501 e. The van der Waals surface area contributed by atoms with Gasteiger partial charge in [-0.05, 0) is 37.0 Å². The van der Waals surface area contributed by atoms with E-state index in [4.69, 9.17) is 0 Å². The van der Waals surface area contributed by atoms with Crippen molar-refractivity contribution in [2.24, 2.45) is 0 Å². The van der Waals surface area contributed by atoms with Crippen molar-refractivity contribution < 1.29 is 22.7 Å². The lowest BCUT2D eigenvalue weighted by Crippen LogP contribution is -2.51. The molecule has 3 heterocycles. The first-order valence-electron chi connectivity index (χ1n) is 10.3. The first kappa shape index (κ1) is 22.4. The number of hydrogen-bond acceptors (Lipinski definition) is 6. The molecule has 2 aromatic rings. The van der Waals surface area contributed by atoms with Gasteiger partial charge < -0.3 is 10.4 Å². The smallest absolute Gasteiger partial charge is 0.296 e. The number of hydrogen-bond donors (Lipinski definition) is 2. The summed E-state index contributed by atoms with van der Waals surface area (Å²) in [6.07, 6.45) is 1.74. The molecule has 12 heteroatoms. The Kier molecular flexibility index (Phi) is 6.01. The predicted octanol–water partition coefficient (Wildman–Crippen LogP) is 0.735. The van der Waals surface area contributed by atoms with Crippen LogP contribution in [0.1, 0.15) is 47.2 Å². The van der Waals surface area contributed by atoms with Gasteiger partial charge in [-0.2, -0.15) is 17.0 Å². The number of nitrogens with one attached hydrogen (secondary N) is 1. The molecule has 1 aromatic heterocycles. The Morgan fingerprint density at radius 3 is 2.56 bits per heavy atom. The van der Waals surface area contributed by atoms with Crippen molar-refractivity contribution in [1.29, 1.82) is 0 Å². The average Bonchev–Trinajstić information content (AvgIpc) is 2.73. The predicted molar refractivity (Wildman–Crippen MR) is 113 cm³/mol. The third-order valence-electron chi connectivity index (χ3n) is 5.86. The van der Waals surface area contributed by atoms with E-state index < -0.39 is 45.0 Å². The quantitative estimate of drug-likeness (QED) is 0.648. The van der Waals surface area contributed by atoms with Crippen LogP contribution in [-0.2, 0) is 23.3 Å². The Bertz CT molecular complexity index is 1190. The Morgan fingerprint density at radius 1 is 1.25 bits per heavy atom. The molecule has 172 valence electrons. The number of benzene rings is 1. The van der Waals surface area contributed by atoms with Gasteiger partial charge in [-0.25, -0.2) is 9.37 Å². The van der Waals surface area contributed by atoms with Gasteiger partial charge in [-0.15, -0.1) is 0 Å². The molecule has 2 aliphatic heterocycles. The molecule has 0 radical (unpaired) electrons. The van der Waals surface area contributed by atoms with Crippen LogP contribution in [0.3, 0.4) is 0 Å². The molecule has 10 nitrogen and oxygen atoms in total. The SMILES string of the molecule is CN(C1CCCn2c1nc(C(=O)NCc1ccc(F)cc1)c(O)c2=O)S(=O)(=O)N1CCC1. The number of amides is 1. The number of nitrogens with zero attached hydrogens (tertiary/aromatic N) is 4. The van der Waals surface area contributed by atoms with E-state index in [1.165, 1.54) is 44.5 Å². The van der Waals surface area contributed by atoms with E-state index in [9.17, 15) is 27.5 Å². The fourth-order valence-electron chi connectivity index (χ4n) is 3.84. The molecule has 1 saturated heterocycles. The molecule has 1 amide bonds. The van der Waals surface area contributed by atoms with Gasteiger partial charge >= 0.3 is 0 Å². The number of fused-ring (bicyclic) bond motifs is 1.